The quantitative estimate of drug-likeness (QED) is 0.359. The molecule has 0 spiro atoms. The topological polar surface area (TPSA) is 42.4 Å². The van der Waals surface area contributed by atoms with Crippen molar-refractivity contribution in [3.63, 3.8) is 0 Å². The van der Waals surface area contributed by atoms with Crippen LogP contribution in [0, 0.1) is 13.8 Å². The summed E-state index contributed by atoms with van der Waals surface area (Å²) < 4.78 is 7.02. The van der Waals surface area contributed by atoms with E-state index in [-0.39, 0.29) is 12.0 Å². The van der Waals surface area contributed by atoms with Gasteiger partial charge in [-0.2, -0.15) is 0 Å². The van der Waals surface area contributed by atoms with E-state index in [1.54, 1.807) is 11.3 Å². The average Bonchev–Trinajstić information content (AvgIpc) is 3.51. The fraction of sp³-hybridized carbons (Fsp3) is 0.259. The first-order chi connectivity index (χ1) is 15.6. The fourth-order valence-electron chi connectivity index (χ4n) is 4.19. The largest absolute Gasteiger partial charge is 0.376 e. The number of rotatable bonds is 5. The van der Waals surface area contributed by atoms with Crippen LogP contribution in [0.25, 0.3) is 21.3 Å². The molecule has 1 amide bonds. The number of ether oxygens (including phenoxy) is 1. The molecular formula is C27H26N2O2S. The van der Waals surface area contributed by atoms with Crippen LogP contribution in [0.5, 0.6) is 0 Å². The first-order valence-corrected chi connectivity index (χ1v) is 11.9. The first kappa shape index (κ1) is 20.9. The van der Waals surface area contributed by atoms with Gasteiger partial charge < -0.3 is 4.74 Å². The van der Waals surface area contributed by atoms with Crippen LogP contribution < -0.4 is 4.90 Å². The van der Waals surface area contributed by atoms with E-state index >= 15 is 0 Å². The zero-order valence-corrected chi connectivity index (χ0v) is 19.2. The number of hydrogen-bond acceptors (Lipinski definition) is 4. The molecule has 2 heterocycles. The fourth-order valence-corrected chi connectivity index (χ4v) is 5.31. The van der Waals surface area contributed by atoms with Gasteiger partial charge in [-0.3, -0.25) is 9.69 Å². The monoisotopic (exact) mass is 442 g/mol. The van der Waals surface area contributed by atoms with E-state index in [0.29, 0.717) is 12.1 Å². The van der Waals surface area contributed by atoms with E-state index in [1.807, 2.05) is 47.4 Å². The Balaban J connectivity index is 1.50. The lowest BCUT2D eigenvalue weighted by atomic mass is 10.0. The van der Waals surface area contributed by atoms with Crippen LogP contribution >= 0.6 is 11.3 Å². The van der Waals surface area contributed by atoms with Crippen LogP contribution in [-0.2, 0) is 4.74 Å². The molecule has 5 heteroatoms. The second kappa shape index (κ2) is 8.85. The molecule has 0 radical (unpaired) electrons. The summed E-state index contributed by atoms with van der Waals surface area (Å²) in [6.07, 6.45) is 2.06. The molecule has 0 N–H and O–H groups in total. The molecule has 162 valence electrons. The van der Waals surface area contributed by atoms with Crippen molar-refractivity contribution in [3.8, 4) is 11.1 Å². The summed E-state index contributed by atoms with van der Waals surface area (Å²) in [5.74, 6) is -0.0329. The number of hydrogen-bond donors (Lipinski definition) is 0. The number of carbonyl (C=O) groups excluding carboxylic acids is 1. The summed E-state index contributed by atoms with van der Waals surface area (Å²) >= 11 is 1.59. The maximum atomic E-state index is 13.7. The number of aromatic nitrogens is 1. The van der Waals surface area contributed by atoms with Crippen molar-refractivity contribution in [2.24, 2.45) is 0 Å². The Hall–Kier alpha value is -3.02. The summed E-state index contributed by atoms with van der Waals surface area (Å²) in [7, 11) is 0. The number of nitrogens with zero attached hydrogens (tertiary/aromatic N) is 2. The van der Waals surface area contributed by atoms with E-state index in [4.69, 9.17) is 9.72 Å². The minimum absolute atomic E-state index is 0.0329. The Bertz CT molecular complexity index is 1200. The Labute approximate surface area is 192 Å². The van der Waals surface area contributed by atoms with E-state index in [2.05, 4.69) is 38.1 Å². The Morgan fingerprint density at radius 3 is 2.41 bits per heavy atom. The van der Waals surface area contributed by atoms with Gasteiger partial charge in [0.2, 0.25) is 0 Å². The van der Waals surface area contributed by atoms with Gasteiger partial charge in [0, 0.05) is 12.2 Å². The van der Waals surface area contributed by atoms with Crippen molar-refractivity contribution in [2.75, 3.05) is 18.1 Å². The molecule has 4 nitrogen and oxygen atoms in total. The highest BCUT2D eigenvalue weighted by Gasteiger charge is 2.27. The summed E-state index contributed by atoms with van der Waals surface area (Å²) in [4.78, 5) is 20.4. The minimum atomic E-state index is -0.0329. The van der Waals surface area contributed by atoms with Gasteiger partial charge in [-0.1, -0.05) is 65.9 Å². The van der Waals surface area contributed by atoms with Crippen LogP contribution in [0.3, 0.4) is 0 Å². The molecule has 1 unspecified atom stereocenters. The number of amides is 1. The van der Waals surface area contributed by atoms with Gasteiger partial charge in [0.15, 0.2) is 5.13 Å². The molecule has 1 aliphatic heterocycles. The Morgan fingerprint density at radius 1 is 1.00 bits per heavy atom. The van der Waals surface area contributed by atoms with Crippen molar-refractivity contribution in [1.82, 2.24) is 4.98 Å². The van der Waals surface area contributed by atoms with Crippen LogP contribution in [0.1, 0.15) is 34.3 Å². The third-order valence-electron chi connectivity index (χ3n) is 6.06. The predicted molar refractivity (Wildman–Crippen MR) is 132 cm³/mol. The second-order valence-corrected chi connectivity index (χ2v) is 9.35. The molecule has 1 aromatic heterocycles. The molecule has 4 aromatic rings. The predicted octanol–water partition coefficient (Wildman–Crippen LogP) is 6.41. The van der Waals surface area contributed by atoms with Crippen LogP contribution in [0.4, 0.5) is 5.13 Å². The van der Waals surface area contributed by atoms with Crippen LogP contribution in [-0.4, -0.2) is 30.1 Å². The number of anilines is 1. The van der Waals surface area contributed by atoms with Gasteiger partial charge in [-0.15, -0.1) is 0 Å². The van der Waals surface area contributed by atoms with Gasteiger partial charge in [0.25, 0.3) is 5.91 Å². The van der Waals surface area contributed by atoms with Crippen LogP contribution in [0.15, 0.2) is 66.7 Å². The van der Waals surface area contributed by atoms with Crippen molar-refractivity contribution in [1.29, 1.82) is 0 Å². The molecule has 32 heavy (non-hydrogen) atoms. The normalized spacial score (nSPS) is 15.9. The summed E-state index contributed by atoms with van der Waals surface area (Å²) in [5, 5.41) is 0.741. The maximum Gasteiger partial charge on any atom is 0.260 e. The SMILES string of the molecule is Cc1ccc(C)c2sc(N(CC3CCCO3)C(=O)c3ccc(-c4ccccc4)cc3)nc12. The molecule has 0 saturated carbocycles. The third kappa shape index (κ3) is 4.06. The molecule has 5 rings (SSSR count). The number of thiazole rings is 1. The Morgan fingerprint density at radius 2 is 1.72 bits per heavy atom. The van der Waals surface area contributed by atoms with Gasteiger partial charge in [-0.25, -0.2) is 4.98 Å². The molecule has 1 aliphatic rings. The maximum absolute atomic E-state index is 13.7. The van der Waals surface area contributed by atoms with E-state index < -0.39 is 0 Å². The van der Waals surface area contributed by atoms with E-state index in [1.165, 1.54) is 5.56 Å². The first-order valence-electron chi connectivity index (χ1n) is 11.1. The van der Waals surface area contributed by atoms with Gasteiger partial charge in [0.1, 0.15) is 0 Å². The zero-order valence-electron chi connectivity index (χ0n) is 18.4. The highest BCUT2D eigenvalue weighted by molar-refractivity contribution is 7.22. The number of benzene rings is 3. The highest BCUT2D eigenvalue weighted by atomic mass is 32.1. The number of carbonyl (C=O) groups is 1. The van der Waals surface area contributed by atoms with E-state index in [0.717, 1.165) is 51.5 Å². The lowest BCUT2D eigenvalue weighted by molar-refractivity contribution is 0.0917. The smallest absolute Gasteiger partial charge is 0.260 e. The molecule has 1 saturated heterocycles. The lowest BCUT2D eigenvalue weighted by Crippen LogP contribution is -2.37. The van der Waals surface area contributed by atoms with E-state index in [9.17, 15) is 4.79 Å². The highest BCUT2D eigenvalue weighted by Crippen LogP contribution is 2.34. The lowest BCUT2D eigenvalue weighted by Gasteiger charge is -2.23. The van der Waals surface area contributed by atoms with Gasteiger partial charge >= 0.3 is 0 Å². The average molecular weight is 443 g/mol. The zero-order chi connectivity index (χ0) is 22.1. The number of aryl methyl sites for hydroxylation is 2. The number of fused-ring (bicyclic) bond motifs is 1. The summed E-state index contributed by atoms with van der Waals surface area (Å²) in [6.45, 7) is 5.45. The second-order valence-electron chi connectivity index (χ2n) is 8.37. The third-order valence-corrected chi connectivity index (χ3v) is 7.27. The summed E-state index contributed by atoms with van der Waals surface area (Å²) in [6, 6.07) is 22.3. The molecule has 0 bridgehead atoms. The standard InChI is InChI=1S/C27H26N2O2S/c1-18-10-11-19(2)25-24(18)28-27(32-25)29(17-23-9-6-16-31-23)26(30)22-14-12-21(13-15-22)20-7-4-3-5-8-20/h3-5,7-8,10-15,23H,6,9,16-17H2,1-2H3. The molecular weight excluding hydrogens is 416 g/mol. The Kier molecular flexibility index (Phi) is 5.77. The summed E-state index contributed by atoms with van der Waals surface area (Å²) in [5.41, 5.74) is 6.19. The molecule has 3 aromatic carbocycles. The van der Waals surface area contributed by atoms with Gasteiger partial charge in [0.05, 0.1) is 22.9 Å². The van der Waals surface area contributed by atoms with Crippen molar-refractivity contribution >= 4 is 32.6 Å². The molecule has 1 atom stereocenters. The van der Waals surface area contributed by atoms with Crippen molar-refractivity contribution in [2.45, 2.75) is 32.8 Å². The molecule has 0 aliphatic carbocycles. The van der Waals surface area contributed by atoms with Crippen molar-refractivity contribution < 1.29 is 9.53 Å². The molecule has 1 fully saturated rings. The minimum Gasteiger partial charge on any atom is -0.376 e. The van der Waals surface area contributed by atoms with Crippen LogP contribution in [0.2, 0.25) is 0 Å². The van der Waals surface area contributed by atoms with Crippen molar-refractivity contribution in [3.05, 3.63) is 83.4 Å². The van der Waals surface area contributed by atoms with Gasteiger partial charge in [-0.05, 0) is 61.1 Å².